The number of oxime groups is 1. The maximum atomic E-state index is 8.52. The van der Waals surface area contributed by atoms with Gasteiger partial charge in [0.25, 0.3) is 0 Å². The first-order valence-corrected chi connectivity index (χ1v) is 7.15. The molecule has 5 nitrogen and oxygen atoms in total. The Kier molecular flexibility index (Phi) is 4.83. The molecule has 104 valence electrons. The summed E-state index contributed by atoms with van der Waals surface area (Å²) < 4.78 is 0. The summed E-state index contributed by atoms with van der Waals surface area (Å²) in [6.45, 7) is 7.05. The van der Waals surface area contributed by atoms with Crippen LogP contribution in [0.1, 0.15) is 39.0 Å². The molecule has 18 heavy (non-hydrogen) atoms. The first kappa shape index (κ1) is 13.6. The van der Waals surface area contributed by atoms with Crippen LogP contribution in [0.2, 0.25) is 0 Å². The molecule has 0 spiro atoms. The number of piperazine rings is 1. The lowest BCUT2D eigenvalue weighted by molar-refractivity contribution is 0.0151. The molecule has 3 N–H and O–H groups in total. The van der Waals surface area contributed by atoms with Gasteiger partial charge in [-0.15, -0.1) is 0 Å². The van der Waals surface area contributed by atoms with Gasteiger partial charge in [0.05, 0.1) is 0 Å². The van der Waals surface area contributed by atoms with Gasteiger partial charge in [0, 0.05) is 31.6 Å². The molecule has 0 aromatic rings. The van der Waals surface area contributed by atoms with Gasteiger partial charge < -0.3 is 10.9 Å². The summed E-state index contributed by atoms with van der Waals surface area (Å²) in [5, 5.41) is 11.5. The van der Waals surface area contributed by atoms with Crippen molar-refractivity contribution in [3.8, 4) is 0 Å². The first-order chi connectivity index (χ1) is 8.70. The highest BCUT2D eigenvalue weighted by Crippen LogP contribution is 2.24. The minimum atomic E-state index is 0.346. The van der Waals surface area contributed by atoms with E-state index in [0.717, 1.165) is 19.0 Å². The molecule has 0 amide bonds. The minimum Gasteiger partial charge on any atom is -0.409 e. The molecule has 0 radical (unpaired) electrons. The van der Waals surface area contributed by atoms with Crippen molar-refractivity contribution < 1.29 is 5.21 Å². The lowest BCUT2D eigenvalue weighted by atomic mass is 9.97. The largest absolute Gasteiger partial charge is 0.409 e. The zero-order valence-electron chi connectivity index (χ0n) is 11.4. The molecule has 2 aliphatic rings. The van der Waals surface area contributed by atoms with E-state index in [0.29, 0.717) is 18.3 Å². The molecule has 2 unspecified atom stereocenters. The molecule has 2 heterocycles. The second-order valence-corrected chi connectivity index (χ2v) is 5.68. The maximum Gasteiger partial charge on any atom is 0.139 e. The number of nitrogens with two attached hydrogens (primary N) is 1. The Morgan fingerprint density at radius 2 is 2.22 bits per heavy atom. The Bertz CT molecular complexity index is 295. The quantitative estimate of drug-likeness (QED) is 0.341. The van der Waals surface area contributed by atoms with Gasteiger partial charge in [-0.05, 0) is 39.3 Å². The van der Waals surface area contributed by atoms with Crippen LogP contribution >= 0.6 is 0 Å². The summed E-state index contributed by atoms with van der Waals surface area (Å²) in [5.41, 5.74) is 5.50. The van der Waals surface area contributed by atoms with Crippen LogP contribution in [-0.4, -0.2) is 59.1 Å². The lowest BCUT2D eigenvalue weighted by Gasteiger charge is -2.47. The van der Waals surface area contributed by atoms with Gasteiger partial charge in [-0.2, -0.15) is 0 Å². The smallest absolute Gasteiger partial charge is 0.139 e. The van der Waals surface area contributed by atoms with Crippen LogP contribution in [-0.2, 0) is 0 Å². The van der Waals surface area contributed by atoms with E-state index in [4.69, 9.17) is 10.9 Å². The molecule has 5 heteroatoms. The normalized spacial score (nSPS) is 31.3. The van der Waals surface area contributed by atoms with E-state index in [1.807, 2.05) is 0 Å². The molecule has 0 aromatic heterocycles. The summed E-state index contributed by atoms with van der Waals surface area (Å²) in [6.07, 6.45) is 5.77. The first-order valence-electron chi connectivity index (χ1n) is 7.15. The van der Waals surface area contributed by atoms with Crippen molar-refractivity contribution in [2.75, 3.05) is 26.2 Å². The molecule has 0 saturated carbocycles. The van der Waals surface area contributed by atoms with Gasteiger partial charge in [-0.3, -0.25) is 9.80 Å². The number of hydrogen-bond acceptors (Lipinski definition) is 4. The average molecular weight is 254 g/mol. The van der Waals surface area contributed by atoms with Gasteiger partial charge in [0.15, 0.2) is 0 Å². The molecule has 2 rings (SSSR count). The van der Waals surface area contributed by atoms with Crippen LogP contribution in [0.15, 0.2) is 5.16 Å². The van der Waals surface area contributed by atoms with E-state index in [-0.39, 0.29) is 0 Å². The standard InChI is InChI=1S/C13H26N4O/c1-11-9-17-7-3-2-5-12(17)10-16(11)8-4-6-13(14)15-18/h11-12,18H,2-10H2,1H3,(H2,14,15). The van der Waals surface area contributed by atoms with Crippen molar-refractivity contribution >= 4 is 5.84 Å². The van der Waals surface area contributed by atoms with Crippen molar-refractivity contribution in [2.45, 2.75) is 51.1 Å². The molecule has 2 aliphatic heterocycles. The topological polar surface area (TPSA) is 65.1 Å². The number of rotatable bonds is 4. The molecule has 2 saturated heterocycles. The minimum absolute atomic E-state index is 0.346. The third kappa shape index (κ3) is 3.36. The number of amidine groups is 1. The van der Waals surface area contributed by atoms with E-state index in [1.54, 1.807) is 0 Å². The van der Waals surface area contributed by atoms with E-state index in [9.17, 15) is 0 Å². The zero-order chi connectivity index (χ0) is 13.0. The predicted molar refractivity (Wildman–Crippen MR) is 72.9 cm³/mol. The van der Waals surface area contributed by atoms with Crippen molar-refractivity contribution in [3.63, 3.8) is 0 Å². The van der Waals surface area contributed by atoms with Crippen LogP contribution in [0.25, 0.3) is 0 Å². The monoisotopic (exact) mass is 254 g/mol. The van der Waals surface area contributed by atoms with Crippen molar-refractivity contribution in [1.82, 2.24) is 9.80 Å². The third-order valence-corrected chi connectivity index (χ3v) is 4.32. The van der Waals surface area contributed by atoms with Gasteiger partial charge in [0.2, 0.25) is 0 Å². The van der Waals surface area contributed by atoms with Crippen LogP contribution in [0, 0.1) is 0 Å². The molecule has 2 atom stereocenters. The molecular formula is C13H26N4O. The maximum absolute atomic E-state index is 8.52. The van der Waals surface area contributed by atoms with Gasteiger partial charge >= 0.3 is 0 Å². The van der Waals surface area contributed by atoms with Crippen LogP contribution < -0.4 is 5.73 Å². The van der Waals surface area contributed by atoms with Crippen molar-refractivity contribution in [2.24, 2.45) is 10.9 Å². The van der Waals surface area contributed by atoms with E-state index in [2.05, 4.69) is 21.9 Å². The Hall–Kier alpha value is -0.810. The Balaban J connectivity index is 1.78. The van der Waals surface area contributed by atoms with Crippen LogP contribution in [0.3, 0.4) is 0 Å². The number of piperidine rings is 1. The van der Waals surface area contributed by atoms with Crippen LogP contribution in [0.4, 0.5) is 0 Å². The fourth-order valence-corrected chi connectivity index (χ4v) is 3.24. The van der Waals surface area contributed by atoms with E-state index < -0.39 is 0 Å². The summed E-state index contributed by atoms with van der Waals surface area (Å²) in [4.78, 5) is 5.23. The summed E-state index contributed by atoms with van der Waals surface area (Å²) >= 11 is 0. The summed E-state index contributed by atoms with van der Waals surface area (Å²) in [6, 6.07) is 1.39. The Morgan fingerprint density at radius 3 is 3.00 bits per heavy atom. The molecule has 0 aliphatic carbocycles. The van der Waals surface area contributed by atoms with Crippen molar-refractivity contribution in [3.05, 3.63) is 0 Å². The highest BCUT2D eigenvalue weighted by Gasteiger charge is 2.32. The predicted octanol–water partition coefficient (Wildman–Crippen LogP) is 1.07. The fraction of sp³-hybridized carbons (Fsp3) is 0.923. The van der Waals surface area contributed by atoms with Crippen LogP contribution in [0.5, 0.6) is 0 Å². The lowest BCUT2D eigenvalue weighted by Crippen LogP contribution is -2.58. The van der Waals surface area contributed by atoms with Gasteiger partial charge in [-0.1, -0.05) is 11.6 Å². The SMILES string of the molecule is CC1CN2CCCCC2CN1CCCC(N)=NO. The van der Waals surface area contributed by atoms with Crippen molar-refractivity contribution in [1.29, 1.82) is 0 Å². The number of hydrogen-bond donors (Lipinski definition) is 2. The second-order valence-electron chi connectivity index (χ2n) is 5.68. The molecule has 0 bridgehead atoms. The average Bonchev–Trinajstić information content (AvgIpc) is 2.39. The molecule has 2 fully saturated rings. The van der Waals surface area contributed by atoms with Gasteiger partial charge in [0.1, 0.15) is 5.84 Å². The highest BCUT2D eigenvalue weighted by molar-refractivity contribution is 5.79. The highest BCUT2D eigenvalue weighted by atomic mass is 16.4. The Labute approximate surface area is 110 Å². The fourth-order valence-electron chi connectivity index (χ4n) is 3.24. The van der Waals surface area contributed by atoms with E-state index >= 15 is 0 Å². The zero-order valence-corrected chi connectivity index (χ0v) is 11.4. The molecular weight excluding hydrogens is 228 g/mol. The summed E-state index contributed by atoms with van der Waals surface area (Å²) in [5.74, 6) is 0.346. The Morgan fingerprint density at radius 1 is 1.39 bits per heavy atom. The molecule has 0 aromatic carbocycles. The van der Waals surface area contributed by atoms with Gasteiger partial charge in [-0.25, -0.2) is 0 Å². The third-order valence-electron chi connectivity index (χ3n) is 4.32. The van der Waals surface area contributed by atoms with E-state index in [1.165, 1.54) is 38.9 Å². The second kappa shape index (κ2) is 6.38. The number of nitrogens with zero attached hydrogens (tertiary/aromatic N) is 3. The number of fused-ring (bicyclic) bond motifs is 1. The summed E-state index contributed by atoms with van der Waals surface area (Å²) in [7, 11) is 0.